The number of nitrogens with two attached hydrogens (primary N) is 1. The van der Waals surface area contributed by atoms with Crippen molar-refractivity contribution in [1.29, 1.82) is 0 Å². The molecule has 19 heteroatoms. The third-order valence-corrected chi connectivity index (χ3v) is 10.3. The number of carboxylic acids is 1. The summed E-state index contributed by atoms with van der Waals surface area (Å²) in [5.74, 6) is -1.98. The summed E-state index contributed by atoms with van der Waals surface area (Å²) >= 11 is 4.83. The van der Waals surface area contributed by atoms with E-state index in [0.717, 1.165) is 27.0 Å². The number of oxime groups is 1. The molecule has 224 valence electrons. The molecule has 0 aromatic carbocycles. The standard InChI is InChI=1S/C23H27N9O6S4/c1-2-10(24)18(33)27-6-7-39-8-11-12(4-3-5-26-11)41-13-9-40-21-15(20(35)32(21)16(13)22(36)37)28-19(34)14(30-38)17-29-23(25)42-31-17/h3-5,10,15,21,38H,2,6-9,24H2,1H3,(H,27,33)(H,28,34)(H,36,37)(H2,25,29,31)/b30-14+/t10-,15+,21+/m0/s1. The Balaban J connectivity index is 1.41. The first-order chi connectivity index (χ1) is 20.2. The number of β-lactam (4-membered cyclic amide) rings is 1. The van der Waals surface area contributed by atoms with Crippen LogP contribution in [0.1, 0.15) is 24.9 Å². The van der Waals surface area contributed by atoms with Crippen LogP contribution in [0.15, 0.2) is 39.0 Å². The molecule has 0 spiro atoms. The highest BCUT2D eigenvalue weighted by molar-refractivity contribution is 8.06. The molecule has 3 amide bonds. The smallest absolute Gasteiger partial charge is 0.278 e. The lowest BCUT2D eigenvalue weighted by atomic mass is 10.0. The molecule has 3 atom stereocenters. The van der Waals surface area contributed by atoms with Crippen LogP contribution in [-0.4, -0.2) is 89.4 Å². The zero-order valence-electron chi connectivity index (χ0n) is 22.1. The zero-order chi connectivity index (χ0) is 30.4. The van der Waals surface area contributed by atoms with Crippen LogP contribution in [0.5, 0.6) is 0 Å². The van der Waals surface area contributed by atoms with Crippen molar-refractivity contribution in [3.8, 4) is 0 Å². The minimum atomic E-state index is -1.52. The lowest BCUT2D eigenvalue weighted by Crippen LogP contribution is -2.71. The molecule has 2 aromatic heterocycles. The maximum atomic E-state index is 13.0. The van der Waals surface area contributed by atoms with Gasteiger partial charge in [0, 0.05) is 57.8 Å². The van der Waals surface area contributed by atoms with Crippen LogP contribution >= 0.6 is 46.8 Å². The van der Waals surface area contributed by atoms with Crippen LogP contribution in [0.3, 0.4) is 0 Å². The van der Waals surface area contributed by atoms with Crippen molar-refractivity contribution in [2.75, 3.05) is 23.8 Å². The summed E-state index contributed by atoms with van der Waals surface area (Å²) in [6, 6.07) is 2.19. The van der Waals surface area contributed by atoms with Crippen LogP contribution in [0.4, 0.5) is 5.13 Å². The highest BCUT2D eigenvalue weighted by Gasteiger charge is 2.53. The summed E-state index contributed by atoms with van der Waals surface area (Å²) in [7, 11) is 0. The molecule has 4 heterocycles. The van der Waals surface area contributed by atoms with E-state index in [0.29, 0.717) is 29.4 Å². The normalized spacial score (nSPS) is 19.1. The summed E-state index contributed by atoms with van der Waals surface area (Å²) in [5, 5.41) is 29.1. The van der Waals surface area contributed by atoms with Gasteiger partial charge in [-0.3, -0.25) is 24.3 Å². The summed E-state index contributed by atoms with van der Waals surface area (Å²) < 4.78 is 3.83. The van der Waals surface area contributed by atoms with Gasteiger partial charge in [-0.05, 0) is 12.1 Å². The number of quaternary nitrogens is 1. The topological polar surface area (TPSA) is 244 Å². The van der Waals surface area contributed by atoms with E-state index in [1.807, 2.05) is 13.0 Å². The Labute approximate surface area is 256 Å². The number of hydrogen-bond acceptors (Lipinski definition) is 15. The average Bonchev–Trinajstić information content (AvgIpc) is 3.41. The van der Waals surface area contributed by atoms with Crippen LogP contribution in [0.2, 0.25) is 0 Å². The predicted molar refractivity (Wildman–Crippen MR) is 156 cm³/mol. The molecule has 42 heavy (non-hydrogen) atoms. The molecule has 0 radical (unpaired) electrons. The monoisotopic (exact) mass is 653 g/mol. The molecule has 2 aliphatic heterocycles. The molecule has 2 aliphatic rings. The molecule has 8 N–H and O–H groups in total. The van der Waals surface area contributed by atoms with E-state index in [2.05, 4.69) is 35.9 Å². The molecular formula is C23H27N9O6S4. The van der Waals surface area contributed by atoms with Crippen molar-refractivity contribution in [1.82, 2.24) is 29.9 Å². The molecular weight excluding hydrogens is 627 g/mol. The number of fused-ring (bicyclic) bond motifs is 1. The number of thioether (sulfide) groups is 3. The fraction of sp³-hybridized carbons (Fsp3) is 0.391. The number of carbonyl (C=O) groups is 4. The van der Waals surface area contributed by atoms with Gasteiger partial charge >= 0.3 is 0 Å². The molecule has 1 saturated heterocycles. The van der Waals surface area contributed by atoms with E-state index in [1.54, 1.807) is 24.0 Å². The molecule has 15 nitrogen and oxygen atoms in total. The zero-order valence-corrected chi connectivity index (χ0v) is 25.4. The van der Waals surface area contributed by atoms with Crippen molar-refractivity contribution < 1.29 is 35.2 Å². The summed E-state index contributed by atoms with van der Waals surface area (Å²) in [6.45, 7) is 2.38. The van der Waals surface area contributed by atoms with Crippen molar-refractivity contribution in [3.63, 3.8) is 0 Å². The third kappa shape index (κ3) is 6.97. The van der Waals surface area contributed by atoms with Gasteiger partial charge in [-0.1, -0.05) is 23.8 Å². The number of hydrogen-bond donors (Lipinski definition) is 5. The van der Waals surface area contributed by atoms with Gasteiger partial charge in [-0.25, -0.2) is 0 Å². The first-order valence-electron chi connectivity index (χ1n) is 12.5. The molecule has 4 rings (SSSR count). The maximum absolute atomic E-state index is 13.0. The number of aliphatic carboxylic acids is 1. The van der Waals surface area contributed by atoms with E-state index < -0.39 is 34.9 Å². The number of carbonyl (C=O) groups excluding carboxylic acids is 4. The van der Waals surface area contributed by atoms with Crippen LogP contribution in [0, 0.1) is 0 Å². The lowest BCUT2D eigenvalue weighted by molar-refractivity contribution is -0.404. The largest absolute Gasteiger partial charge is 0.543 e. The third-order valence-electron chi connectivity index (χ3n) is 6.11. The van der Waals surface area contributed by atoms with Gasteiger partial charge in [-0.15, -0.1) is 11.8 Å². The Hall–Kier alpha value is -3.39. The molecule has 0 saturated carbocycles. The second-order valence-corrected chi connectivity index (χ2v) is 13.0. The second-order valence-electron chi connectivity index (χ2n) is 8.82. The van der Waals surface area contributed by atoms with Crippen molar-refractivity contribution in [2.45, 2.75) is 41.5 Å². The molecule has 0 unspecified atom stereocenters. The van der Waals surface area contributed by atoms with E-state index in [1.165, 1.54) is 23.5 Å². The van der Waals surface area contributed by atoms with Gasteiger partial charge in [0.2, 0.25) is 11.5 Å². The van der Waals surface area contributed by atoms with Crippen molar-refractivity contribution in [3.05, 3.63) is 40.5 Å². The fourth-order valence-electron chi connectivity index (χ4n) is 3.89. The van der Waals surface area contributed by atoms with Gasteiger partial charge in [0.05, 0.1) is 17.4 Å². The number of aromatic nitrogens is 3. The molecule has 2 aromatic rings. The summed E-state index contributed by atoms with van der Waals surface area (Å²) in [6.07, 6.45) is 2.30. The number of pyridine rings is 1. The number of nitrogen functional groups attached to an aromatic ring is 1. The first kappa shape index (κ1) is 31.5. The Bertz CT molecular complexity index is 1430. The van der Waals surface area contributed by atoms with E-state index >= 15 is 0 Å². The number of nitrogens with one attached hydrogen (secondary N) is 2. The lowest BCUT2D eigenvalue weighted by Gasteiger charge is -2.50. The number of amides is 3. The number of anilines is 1. The summed E-state index contributed by atoms with van der Waals surface area (Å²) in [5.41, 5.74) is 9.25. The minimum Gasteiger partial charge on any atom is -0.543 e. The number of carboxylic acid groups (broad SMARTS) is 1. The molecule has 0 bridgehead atoms. The SMILES string of the molecule is CC[C@H]([NH3+])C(=O)NCCSCc1ncccc1SC1=C(C(=O)[O-])N2C(=O)[C@@H](NC(=O)/C(=N/O)c3nsc(N)n3)[C@H]2SC1. The van der Waals surface area contributed by atoms with Gasteiger partial charge in [0.1, 0.15) is 11.4 Å². The van der Waals surface area contributed by atoms with Crippen molar-refractivity contribution in [2.24, 2.45) is 5.16 Å². The summed E-state index contributed by atoms with van der Waals surface area (Å²) in [4.78, 5) is 60.3. The van der Waals surface area contributed by atoms with Crippen LogP contribution < -0.4 is 27.2 Å². The van der Waals surface area contributed by atoms with Gasteiger partial charge < -0.3 is 37.2 Å². The van der Waals surface area contributed by atoms with Gasteiger partial charge in [0.25, 0.3) is 17.7 Å². The van der Waals surface area contributed by atoms with E-state index in [4.69, 9.17) is 5.73 Å². The molecule has 1 fully saturated rings. The Morgan fingerprint density at radius 1 is 1.40 bits per heavy atom. The number of rotatable bonds is 13. The minimum absolute atomic E-state index is 0.0557. The quantitative estimate of drug-likeness (QED) is 0.0528. The highest BCUT2D eigenvalue weighted by Crippen LogP contribution is 2.45. The van der Waals surface area contributed by atoms with Crippen LogP contribution in [-0.2, 0) is 24.9 Å². The highest BCUT2D eigenvalue weighted by atomic mass is 32.2. The van der Waals surface area contributed by atoms with E-state index in [9.17, 15) is 29.5 Å². The van der Waals surface area contributed by atoms with Gasteiger partial charge in [-0.2, -0.15) is 21.1 Å². The Morgan fingerprint density at radius 3 is 2.86 bits per heavy atom. The van der Waals surface area contributed by atoms with Crippen molar-refractivity contribution >= 4 is 81.4 Å². The second kappa shape index (κ2) is 14.2. The van der Waals surface area contributed by atoms with Crippen LogP contribution in [0.25, 0.3) is 0 Å². The van der Waals surface area contributed by atoms with E-state index in [-0.39, 0.29) is 34.4 Å². The fourth-order valence-corrected chi connectivity index (χ4v) is 7.80. The molecule has 0 aliphatic carbocycles. The van der Waals surface area contributed by atoms with Gasteiger partial charge in [0.15, 0.2) is 11.2 Å². The predicted octanol–water partition coefficient (Wildman–Crippen LogP) is -1.78. The Morgan fingerprint density at radius 2 is 2.19 bits per heavy atom. The average molecular weight is 654 g/mol. The first-order valence-corrected chi connectivity index (χ1v) is 16.3. The Kier molecular flexibility index (Phi) is 10.7. The maximum Gasteiger partial charge on any atom is 0.278 e. The number of nitrogens with zero attached hydrogens (tertiary/aromatic N) is 5.